The summed E-state index contributed by atoms with van der Waals surface area (Å²) in [7, 11) is 0. The van der Waals surface area contributed by atoms with Gasteiger partial charge in [-0.15, -0.1) is 0 Å². The molecule has 104 valence electrons. The topological polar surface area (TPSA) is 94.3 Å². The van der Waals surface area contributed by atoms with Crippen molar-refractivity contribution in [1.82, 2.24) is 4.98 Å². The molecule has 2 amide bonds. The molecule has 0 fully saturated rings. The fourth-order valence-corrected chi connectivity index (χ4v) is 1.36. The zero-order valence-electron chi connectivity index (χ0n) is 10.6. The first-order valence-electron chi connectivity index (χ1n) is 5.25. The monoisotopic (exact) mass is 289 g/mol. The summed E-state index contributed by atoms with van der Waals surface area (Å²) in [4.78, 5) is 26.2. The second-order valence-electron chi connectivity index (χ2n) is 4.64. The number of nitrogens with two attached hydrogens (primary N) is 1. The van der Waals surface area contributed by atoms with Gasteiger partial charge < -0.3 is 10.5 Å². The van der Waals surface area contributed by atoms with Crippen LogP contribution in [-0.4, -0.2) is 22.6 Å². The first kappa shape index (κ1) is 15.2. The number of nitrogens with zero attached hydrogens (tertiary/aromatic N) is 1. The molecule has 1 aromatic rings. The van der Waals surface area contributed by atoms with Gasteiger partial charge in [-0.2, -0.15) is 0 Å². The molecule has 3 N–H and O–H groups in total. The number of nitrogens with one attached hydrogen (secondary N) is 1. The van der Waals surface area contributed by atoms with E-state index < -0.39 is 34.1 Å². The van der Waals surface area contributed by atoms with Gasteiger partial charge in [-0.25, -0.2) is 14.2 Å². The number of carbonyl (C=O) groups excluding carboxylic acids is 2. The van der Waals surface area contributed by atoms with Crippen molar-refractivity contribution in [2.45, 2.75) is 26.4 Å². The first-order valence-corrected chi connectivity index (χ1v) is 5.63. The highest BCUT2D eigenvalue weighted by Crippen LogP contribution is 2.23. The summed E-state index contributed by atoms with van der Waals surface area (Å²) < 4.78 is 18.6. The molecule has 1 heterocycles. The van der Waals surface area contributed by atoms with Crippen LogP contribution in [0.2, 0.25) is 5.15 Å². The maximum absolute atomic E-state index is 13.6. The molecular formula is C11H13ClFN3O3. The van der Waals surface area contributed by atoms with Gasteiger partial charge in [-0.1, -0.05) is 11.6 Å². The van der Waals surface area contributed by atoms with Gasteiger partial charge in [0.1, 0.15) is 11.2 Å². The first-order chi connectivity index (χ1) is 8.61. The fraction of sp³-hybridized carbons (Fsp3) is 0.364. The van der Waals surface area contributed by atoms with E-state index in [0.29, 0.717) is 0 Å². The van der Waals surface area contributed by atoms with Crippen LogP contribution < -0.4 is 11.1 Å². The maximum atomic E-state index is 13.6. The summed E-state index contributed by atoms with van der Waals surface area (Å²) >= 11 is 5.44. The number of halogens is 2. The number of rotatable bonds is 2. The zero-order chi connectivity index (χ0) is 14.8. The molecule has 8 heteroatoms. The Hall–Kier alpha value is -1.89. The lowest BCUT2D eigenvalue weighted by Crippen LogP contribution is -2.28. The Balaban J connectivity index is 3.05. The van der Waals surface area contributed by atoms with Crippen LogP contribution in [0.3, 0.4) is 0 Å². The van der Waals surface area contributed by atoms with Crippen molar-refractivity contribution >= 4 is 29.3 Å². The molecule has 0 radical (unpaired) electrons. The van der Waals surface area contributed by atoms with Gasteiger partial charge in [0.25, 0.3) is 5.91 Å². The van der Waals surface area contributed by atoms with Gasteiger partial charge in [0.05, 0.1) is 11.9 Å². The van der Waals surface area contributed by atoms with Crippen LogP contribution in [0.15, 0.2) is 6.20 Å². The van der Waals surface area contributed by atoms with Crippen molar-refractivity contribution in [2.24, 2.45) is 5.73 Å². The highest BCUT2D eigenvalue weighted by atomic mass is 35.5. The van der Waals surface area contributed by atoms with Gasteiger partial charge >= 0.3 is 6.09 Å². The molecule has 0 unspecified atom stereocenters. The van der Waals surface area contributed by atoms with E-state index in [-0.39, 0.29) is 5.69 Å². The Kier molecular flexibility index (Phi) is 4.31. The SMILES string of the molecule is CC(C)(C)OC(=O)Nc1cnc(Cl)c(F)c1C(N)=O. The highest BCUT2D eigenvalue weighted by molar-refractivity contribution is 6.30. The summed E-state index contributed by atoms with van der Waals surface area (Å²) in [5.74, 6) is -2.17. The second kappa shape index (κ2) is 5.40. The van der Waals surface area contributed by atoms with Crippen LogP contribution in [0.4, 0.5) is 14.9 Å². The van der Waals surface area contributed by atoms with E-state index in [1.807, 2.05) is 0 Å². The molecule has 0 aliphatic heterocycles. The Labute approximate surface area is 114 Å². The normalized spacial score (nSPS) is 11.0. The lowest BCUT2D eigenvalue weighted by Gasteiger charge is -2.20. The number of carbonyl (C=O) groups is 2. The summed E-state index contributed by atoms with van der Waals surface area (Å²) in [5, 5.41) is 1.68. The van der Waals surface area contributed by atoms with Crippen LogP contribution >= 0.6 is 11.6 Å². The molecule has 0 aliphatic rings. The van der Waals surface area contributed by atoms with Gasteiger partial charge in [0, 0.05) is 0 Å². The third kappa shape index (κ3) is 4.06. The summed E-state index contributed by atoms with van der Waals surface area (Å²) in [6.45, 7) is 4.97. The minimum absolute atomic E-state index is 0.205. The van der Waals surface area contributed by atoms with Crippen LogP contribution in [0, 0.1) is 5.82 Å². The van der Waals surface area contributed by atoms with Crippen molar-refractivity contribution in [2.75, 3.05) is 5.32 Å². The highest BCUT2D eigenvalue weighted by Gasteiger charge is 2.22. The molecule has 0 saturated carbocycles. The van der Waals surface area contributed by atoms with Gasteiger partial charge in [0.15, 0.2) is 11.0 Å². The van der Waals surface area contributed by atoms with E-state index in [0.717, 1.165) is 6.20 Å². The fourth-order valence-electron chi connectivity index (χ4n) is 1.21. The average Bonchev–Trinajstić information content (AvgIpc) is 2.20. The number of ether oxygens (including phenoxy) is 1. The summed E-state index contributed by atoms with van der Waals surface area (Å²) in [6.07, 6.45) is 0.161. The Morgan fingerprint density at radius 3 is 2.53 bits per heavy atom. The molecule has 6 nitrogen and oxygen atoms in total. The quantitative estimate of drug-likeness (QED) is 0.817. The van der Waals surface area contributed by atoms with Crippen LogP contribution in [0.25, 0.3) is 0 Å². The lowest BCUT2D eigenvalue weighted by atomic mass is 10.2. The number of amides is 2. The molecule has 19 heavy (non-hydrogen) atoms. The molecule has 0 spiro atoms. The molecule has 0 bridgehead atoms. The number of primary amides is 1. The largest absolute Gasteiger partial charge is 0.444 e. The Morgan fingerprint density at radius 1 is 1.47 bits per heavy atom. The van der Waals surface area contributed by atoms with Crippen molar-refractivity contribution in [3.05, 3.63) is 22.7 Å². The van der Waals surface area contributed by atoms with E-state index in [1.54, 1.807) is 20.8 Å². The second-order valence-corrected chi connectivity index (χ2v) is 5.00. The molecule has 0 aromatic carbocycles. The predicted octanol–water partition coefficient (Wildman–Crippen LogP) is 2.32. The van der Waals surface area contributed by atoms with E-state index in [1.165, 1.54) is 0 Å². The Morgan fingerprint density at radius 2 is 2.05 bits per heavy atom. The van der Waals surface area contributed by atoms with E-state index >= 15 is 0 Å². The predicted molar refractivity (Wildman–Crippen MR) is 67.6 cm³/mol. The zero-order valence-corrected chi connectivity index (χ0v) is 11.3. The number of hydrogen-bond acceptors (Lipinski definition) is 4. The number of hydrogen-bond donors (Lipinski definition) is 2. The van der Waals surface area contributed by atoms with E-state index in [9.17, 15) is 14.0 Å². The average molecular weight is 290 g/mol. The third-order valence-electron chi connectivity index (χ3n) is 1.86. The van der Waals surface area contributed by atoms with Gasteiger partial charge in [-0.05, 0) is 20.8 Å². The molecule has 1 rings (SSSR count). The number of pyridine rings is 1. The summed E-state index contributed by atoms with van der Waals surface area (Å²) in [6, 6.07) is 0. The van der Waals surface area contributed by atoms with Crippen LogP contribution in [0.1, 0.15) is 31.1 Å². The van der Waals surface area contributed by atoms with Gasteiger partial charge in [-0.3, -0.25) is 10.1 Å². The van der Waals surface area contributed by atoms with Gasteiger partial charge in [0.2, 0.25) is 0 Å². The van der Waals surface area contributed by atoms with Crippen molar-refractivity contribution in [3.8, 4) is 0 Å². The molecular weight excluding hydrogens is 277 g/mol. The maximum Gasteiger partial charge on any atom is 0.412 e. The molecule has 0 aliphatic carbocycles. The lowest BCUT2D eigenvalue weighted by molar-refractivity contribution is 0.0636. The number of anilines is 1. The minimum atomic E-state index is -1.09. The Bertz CT molecular complexity index is 529. The standard InChI is InChI=1S/C11H13ClFN3O3/c1-11(2,3)19-10(18)16-5-4-15-8(12)7(13)6(5)9(14)17/h4H,1-3H3,(H2,14,17)(H,16,18). The van der Waals surface area contributed by atoms with Crippen LogP contribution in [0.5, 0.6) is 0 Å². The molecule has 0 saturated heterocycles. The number of aromatic nitrogens is 1. The van der Waals surface area contributed by atoms with Crippen molar-refractivity contribution in [3.63, 3.8) is 0 Å². The summed E-state index contributed by atoms with van der Waals surface area (Å²) in [5.41, 5.74) is 3.53. The molecule has 0 atom stereocenters. The third-order valence-corrected chi connectivity index (χ3v) is 2.12. The van der Waals surface area contributed by atoms with E-state index in [2.05, 4.69) is 10.3 Å². The smallest absolute Gasteiger partial charge is 0.412 e. The van der Waals surface area contributed by atoms with Crippen LogP contribution in [-0.2, 0) is 4.74 Å². The van der Waals surface area contributed by atoms with Crippen molar-refractivity contribution < 1.29 is 18.7 Å². The molecule has 1 aromatic heterocycles. The van der Waals surface area contributed by atoms with Crippen molar-refractivity contribution in [1.29, 1.82) is 0 Å². The van der Waals surface area contributed by atoms with E-state index in [4.69, 9.17) is 22.1 Å². The minimum Gasteiger partial charge on any atom is -0.444 e.